The molecule has 2 nitrogen and oxygen atoms in total. The summed E-state index contributed by atoms with van der Waals surface area (Å²) in [7, 11) is 1.27. The fraction of sp³-hybridized carbons (Fsp3) is 0.400. The SMILES string of the molecule is [2H]C([2H])([2H])C(O)(c1ccc(OC)cc1F)C([2H])([2H])[2H]. The molecule has 0 saturated carbocycles. The summed E-state index contributed by atoms with van der Waals surface area (Å²) in [5.41, 5.74) is -4.09. The van der Waals surface area contributed by atoms with Crippen LogP contribution in [0.3, 0.4) is 0 Å². The molecule has 1 aromatic carbocycles. The molecule has 0 spiro atoms. The predicted molar refractivity (Wildman–Crippen MR) is 48.2 cm³/mol. The summed E-state index contributed by atoms with van der Waals surface area (Å²) in [4.78, 5) is 0. The van der Waals surface area contributed by atoms with Crippen molar-refractivity contribution in [2.75, 3.05) is 7.11 Å². The lowest BCUT2D eigenvalue weighted by atomic mass is 9.98. The molecule has 0 fully saturated rings. The molecule has 0 aliphatic heterocycles. The molecule has 0 saturated heterocycles. The van der Waals surface area contributed by atoms with Crippen LogP contribution >= 0.6 is 0 Å². The Morgan fingerprint density at radius 1 is 1.54 bits per heavy atom. The smallest absolute Gasteiger partial charge is 0.132 e. The van der Waals surface area contributed by atoms with Crippen LogP contribution in [0.25, 0.3) is 0 Å². The fourth-order valence-corrected chi connectivity index (χ4v) is 0.916. The van der Waals surface area contributed by atoms with Crippen molar-refractivity contribution in [3.63, 3.8) is 0 Å². The van der Waals surface area contributed by atoms with E-state index in [-0.39, 0.29) is 5.75 Å². The van der Waals surface area contributed by atoms with Gasteiger partial charge in [-0.15, -0.1) is 0 Å². The Morgan fingerprint density at radius 3 is 2.69 bits per heavy atom. The van der Waals surface area contributed by atoms with Gasteiger partial charge in [0.1, 0.15) is 11.6 Å². The Bertz CT molecular complexity index is 454. The summed E-state index contributed by atoms with van der Waals surface area (Å²) in [6.07, 6.45) is 0. The molecule has 0 aliphatic carbocycles. The molecule has 0 radical (unpaired) electrons. The molecule has 0 bridgehead atoms. The minimum absolute atomic E-state index is 0.0830. The molecule has 0 aromatic heterocycles. The maximum Gasteiger partial charge on any atom is 0.132 e. The van der Waals surface area contributed by atoms with Crippen molar-refractivity contribution in [2.24, 2.45) is 0 Å². The zero-order valence-corrected chi connectivity index (χ0v) is 6.97. The van der Waals surface area contributed by atoms with E-state index in [9.17, 15) is 9.50 Å². The number of halogens is 1. The Morgan fingerprint density at radius 2 is 2.23 bits per heavy atom. The van der Waals surface area contributed by atoms with Crippen LogP contribution in [-0.4, -0.2) is 12.2 Å². The predicted octanol–water partition coefficient (Wildman–Crippen LogP) is 2.06. The van der Waals surface area contributed by atoms with Crippen molar-refractivity contribution in [3.05, 3.63) is 29.6 Å². The lowest BCUT2D eigenvalue weighted by Crippen LogP contribution is -2.17. The first kappa shape index (κ1) is 4.42. The van der Waals surface area contributed by atoms with E-state index in [4.69, 9.17) is 13.0 Å². The maximum absolute atomic E-state index is 13.9. The normalized spacial score (nSPS) is 20.2. The number of ether oxygens (including phenoxy) is 1. The molecule has 0 unspecified atom stereocenters. The maximum atomic E-state index is 13.9. The summed E-state index contributed by atoms with van der Waals surface area (Å²) >= 11 is 0. The standard InChI is InChI=1S/C10H13FO2/c1-10(2,12)8-5-4-7(13-3)6-9(8)11/h4-6,12H,1-3H3/i1D3,2D3. The lowest BCUT2D eigenvalue weighted by molar-refractivity contribution is 0.0745. The van der Waals surface area contributed by atoms with Gasteiger partial charge in [-0.3, -0.25) is 0 Å². The number of hydrogen-bond acceptors (Lipinski definition) is 2. The number of benzene rings is 1. The van der Waals surface area contributed by atoms with Gasteiger partial charge in [0, 0.05) is 19.9 Å². The summed E-state index contributed by atoms with van der Waals surface area (Å²) in [5.74, 6) is -1.08. The van der Waals surface area contributed by atoms with Crippen LogP contribution in [-0.2, 0) is 5.60 Å². The van der Waals surface area contributed by atoms with Crippen LogP contribution in [0.2, 0.25) is 0 Å². The summed E-state index contributed by atoms with van der Waals surface area (Å²) in [6, 6.07) is 2.89. The Kier molecular flexibility index (Phi) is 1.14. The van der Waals surface area contributed by atoms with E-state index in [2.05, 4.69) is 0 Å². The molecule has 13 heavy (non-hydrogen) atoms. The van der Waals surface area contributed by atoms with Gasteiger partial charge in [0.25, 0.3) is 0 Å². The molecule has 0 heterocycles. The molecule has 1 rings (SSSR count). The summed E-state index contributed by atoms with van der Waals surface area (Å²) in [5, 5.41) is 10.1. The Hall–Kier alpha value is -1.09. The fourth-order valence-electron chi connectivity index (χ4n) is 0.916. The zero-order valence-electron chi connectivity index (χ0n) is 13.0. The summed E-state index contributed by atoms with van der Waals surface area (Å²) < 4.78 is 61.8. The molecule has 0 aliphatic rings. The molecule has 1 N–H and O–H groups in total. The van der Waals surface area contributed by atoms with Gasteiger partial charge in [0.2, 0.25) is 0 Å². The van der Waals surface area contributed by atoms with Gasteiger partial charge >= 0.3 is 0 Å². The average Bonchev–Trinajstić information content (AvgIpc) is 2.24. The minimum Gasteiger partial charge on any atom is -0.497 e. The van der Waals surface area contributed by atoms with E-state index in [1.807, 2.05) is 0 Å². The van der Waals surface area contributed by atoms with E-state index >= 15 is 0 Å². The number of aliphatic hydroxyl groups is 1. The second-order valence-corrected chi connectivity index (χ2v) is 2.56. The molecule has 0 amide bonds. The second kappa shape index (κ2) is 3.34. The molecular weight excluding hydrogens is 171 g/mol. The Labute approximate surface area is 85.4 Å². The molecular formula is C10H13FO2. The first-order valence-electron chi connectivity index (χ1n) is 6.51. The highest BCUT2D eigenvalue weighted by molar-refractivity contribution is 5.31. The monoisotopic (exact) mass is 190 g/mol. The van der Waals surface area contributed by atoms with Gasteiger partial charge in [-0.25, -0.2) is 4.39 Å². The van der Waals surface area contributed by atoms with Crippen molar-refractivity contribution >= 4 is 0 Å². The number of rotatable bonds is 2. The van der Waals surface area contributed by atoms with Gasteiger partial charge in [-0.2, -0.15) is 0 Å². The van der Waals surface area contributed by atoms with Crippen molar-refractivity contribution in [1.82, 2.24) is 0 Å². The van der Waals surface area contributed by atoms with E-state index in [1.54, 1.807) is 0 Å². The Balaban J connectivity index is 3.52. The van der Waals surface area contributed by atoms with Crippen LogP contribution in [0.1, 0.15) is 27.5 Å². The molecule has 0 atom stereocenters. The molecule has 1 aromatic rings. The van der Waals surface area contributed by atoms with E-state index in [0.717, 1.165) is 12.1 Å². The summed E-state index contributed by atoms with van der Waals surface area (Å²) in [6.45, 7) is -6.62. The highest BCUT2D eigenvalue weighted by Gasteiger charge is 2.20. The van der Waals surface area contributed by atoms with Crippen LogP contribution < -0.4 is 4.74 Å². The quantitative estimate of drug-likeness (QED) is 0.773. The highest BCUT2D eigenvalue weighted by atomic mass is 19.1. The van der Waals surface area contributed by atoms with Crippen LogP contribution in [0, 0.1) is 5.82 Å². The molecule has 3 heteroatoms. The van der Waals surface area contributed by atoms with Gasteiger partial charge in [0.15, 0.2) is 0 Å². The minimum atomic E-state index is -3.31. The van der Waals surface area contributed by atoms with Gasteiger partial charge in [-0.05, 0) is 25.8 Å². The van der Waals surface area contributed by atoms with Gasteiger partial charge in [-0.1, -0.05) is 0 Å². The number of hydrogen-bond donors (Lipinski definition) is 1. The zero-order chi connectivity index (χ0) is 15.1. The highest BCUT2D eigenvalue weighted by Crippen LogP contribution is 2.25. The third-order valence-corrected chi connectivity index (χ3v) is 1.57. The third-order valence-electron chi connectivity index (χ3n) is 1.57. The van der Waals surface area contributed by atoms with Crippen molar-refractivity contribution in [3.8, 4) is 5.75 Å². The van der Waals surface area contributed by atoms with Crippen LogP contribution in [0.5, 0.6) is 5.75 Å². The number of methoxy groups -OCH3 is 1. The van der Waals surface area contributed by atoms with E-state index < -0.39 is 30.7 Å². The lowest BCUT2D eigenvalue weighted by Gasteiger charge is -2.18. The van der Waals surface area contributed by atoms with Gasteiger partial charge in [0.05, 0.1) is 12.7 Å². The van der Waals surface area contributed by atoms with Crippen molar-refractivity contribution in [2.45, 2.75) is 19.3 Å². The van der Waals surface area contributed by atoms with Crippen molar-refractivity contribution < 1.29 is 22.5 Å². The largest absolute Gasteiger partial charge is 0.497 e. The van der Waals surface area contributed by atoms with Crippen LogP contribution in [0.15, 0.2) is 18.2 Å². The van der Waals surface area contributed by atoms with Crippen molar-refractivity contribution in [1.29, 1.82) is 0 Å². The third kappa shape index (κ3) is 2.18. The van der Waals surface area contributed by atoms with Gasteiger partial charge < -0.3 is 9.84 Å². The first-order valence-corrected chi connectivity index (χ1v) is 3.51. The van der Waals surface area contributed by atoms with Crippen LogP contribution in [0.4, 0.5) is 4.39 Å². The van der Waals surface area contributed by atoms with E-state index in [0.29, 0.717) is 0 Å². The first-order chi connectivity index (χ1) is 8.45. The van der Waals surface area contributed by atoms with E-state index in [1.165, 1.54) is 13.2 Å². The average molecular weight is 190 g/mol. The molecule has 72 valence electrons. The second-order valence-electron chi connectivity index (χ2n) is 2.56. The topological polar surface area (TPSA) is 29.5 Å².